The normalized spacial score (nSPS) is 24.8. The quantitative estimate of drug-likeness (QED) is 0.823. The summed E-state index contributed by atoms with van der Waals surface area (Å²) in [5.74, 6) is 0.568. The molecule has 2 aromatic rings. The molecule has 1 unspecified atom stereocenters. The molecule has 0 bridgehead atoms. The topological polar surface area (TPSA) is 63.2 Å². The molecule has 31 heavy (non-hydrogen) atoms. The minimum Gasteiger partial charge on any atom is -0.381 e. The largest absolute Gasteiger partial charge is 0.381 e. The Bertz CT molecular complexity index is 1100. The van der Waals surface area contributed by atoms with Crippen LogP contribution < -0.4 is 5.56 Å². The van der Waals surface area contributed by atoms with Gasteiger partial charge in [-0.25, -0.2) is 4.68 Å². The lowest BCUT2D eigenvalue weighted by atomic mass is 9.89. The van der Waals surface area contributed by atoms with Crippen LogP contribution in [0.15, 0.2) is 23.0 Å². The van der Waals surface area contributed by atoms with E-state index in [1.165, 1.54) is 35.9 Å². The number of piperidine rings is 1. The van der Waals surface area contributed by atoms with Gasteiger partial charge >= 0.3 is 0 Å². The molecular weight excluding hydrogens is 388 g/mol. The fourth-order valence-corrected chi connectivity index (χ4v) is 6.05. The first-order chi connectivity index (χ1) is 15.3. The number of allylic oxidation sites excluding steroid dienone is 4. The summed E-state index contributed by atoms with van der Waals surface area (Å²) in [6.07, 6.45) is 15.3. The highest BCUT2D eigenvalue weighted by Crippen LogP contribution is 2.34. The molecule has 1 atom stereocenters. The molecule has 2 aliphatic carbocycles. The average molecular weight is 421 g/mol. The first-order valence-corrected chi connectivity index (χ1v) is 12.1. The number of aryl methyl sites for hydroxylation is 1. The Balaban J connectivity index is 1.34. The zero-order chi connectivity index (χ0) is 20.8. The summed E-state index contributed by atoms with van der Waals surface area (Å²) in [7, 11) is 0. The molecule has 0 saturated carbocycles. The van der Waals surface area contributed by atoms with Crippen molar-refractivity contribution in [1.29, 1.82) is 0 Å². The van der Waals surface area contributed by atoms with Gasteiger partial charge in [0.05, 0.1) is 0 Å². The molecule has 4 heterocycles. The van der Waals surface area contributed by atoms with Crippen LogP contribution >= 0.6 is 0 Å². The molecule has 0 aromatic carbocycles. The number of fused-ring (bicyclic) bond motifs is 3. The van der Waals surface area contributed by atoms with Crippen molar-refractivity contribution in [2.75, 3.05) is 26.3 Å². The lowest BCUT2D eigenvalue weighted by molar-refractivity contribution is 0.0158. The van der Waals surface area contributed by atoms with Crippen LogP contribution in [-0.2, 0) is 24.1 Å². The molecule has 2 aromatic heterocycles. The summed E-state index contributed by atoms with van der Waals surface area (Å²) in [6.45, 7) is 5.00. The molecule has 0 spiro atoms. The van der Waals surface area contributed by atoms with Crippen molar-refractivity contribution in [2.24, 2.45) is 5.92 Å². The number of hydrogen-bond donors (Lipinski definition) is 1. The number of aromatic nitrogens is 3. The highest BCUT2D eigenvalue weighted by molar-refractivity contribution is 5.96. The van der Waals surface area contributed by atoms with E-state index in [9.17, 15) is 4.79 Å². The van der Waals surface area contributed by atoms with Gasteiger partial charge in [0.25, 0.3) is 5.56 Å². The van der Waals surface area contributed by atoms with Crippen molar-refractivity contribution in [3.05, 3.63) is 45.4 Å². The first kappa shape index (κ1) is 19.5. The van der Waals surface area contributed by atoms with Gasteiger partial charge in [0.1, 0.15) is 11.3 Å². The third-order valence-corrected chi connectivity index (χ3v) is 7.74. The Morgan fingerprint density at radius 3 is 2.68 bits per heavy atom. The van der Waals surface area contributed by atoms with Crippen molar-refractivity contribution in [1.82, 2.24) is 19.7 Å². The van der Waals surface area contributed by atoms with Gasteiger partial charge in [0.15, 0.2) is 0 Å². The average Bonchev–Trinajstić information content (AvgIpc) is 3.11. The predicted molar refractivity (Wildman–Crippen MR) is 122 cm³/mol. The standard InChI is InChI=1S/C25H32N4O2/c30-25-21-9-2-1-8-20(21)22-23(18-6-3-7-18)27-29(24(22)26-25)16-17-5-4-12-28(15-17)19-10-13-31-14-11-19/h3,6-7,17,19H,1-2,4-5,8-16H2,(H,26,30). The van der Waals surface area contributed by atoms with Gasteiger partial charge in [-0.05, 0) is 69.4 Å². The van der Waals surface area contributed by atoms with E-state index in [0.29, 0.717) is 12.0 Å². The zero-order valence-electron chi connectivity index (χ0n) is 18.2. The minimum atomic E-state index is 0.0977. The van der Waals surface area contributed by atoms with Gasteiger partial charge in [-0.3, -0.25) is 9.69 Å². The highest BCUT2D eigenvalue weighted by atomic mass is 16.5. The van der Waals surface area contributed by atoms with E-state index < -0.39 is 0 Å². The summed E-state index contributed by atoms with van der Waals surface area (Å²) in [5, 5.41) is 6.28. The van der Waals surface area contributed by atoms with Crippen molar-refractivity contribution in [2.45, 2.75) is 64.0 Å². The molecule has 6 nitrogen and oxygen atoms in total. The van der Waals surface area contributed by atoms with Gasteiger partial charge < -0.3 is 9.72 Å². The number of rotatable bonds is 4. The smallest absolute Gasteiger partial charge is 0.253 e. The maximum atomic E-state index is 12.9. The molecule has 1 N–H and O–H groups in total. The summed E-state index contributed by atoms with van der Waals surface area (Å²) in [4.78, 5) is 18.8. The number of nitrogens with zero attached hydrogens (tertiary/aromatic N) is 3. The molecule has 2 aliphatic heterocycles. The van der Waals surface area contributed by atoms with Crippen LogP contribution in [0.5, 0.6) is 0 Å². The van der Waals surface area contributed by atoms with E-state index >= 15 is 0 Å². The van der Waals surface area contributed by atoms with Crippen LogP contribution in [0.3, 0.4) is 0 Å². The maximum absolute atomic E-state index is 12.9. The Morgan fingerprint density at radius 1 is 1.10 bits per heavy atom. The van der Waals surface area contributed by atoms with E-state index in [1.54, 1.807) is 0 Å². The van der Waals surface area contributed by atoms with E-state index in [-0.39, 0.29) is 5.56 Å². The molecule has 0 amide bonds. The molecule has 4 aliphatic rings. The number of ether oxygens (including phenoxy) is 1. The number of pyridine rings is 1. The molecule has 2 fully saturated rings. The van der Waals surface area contributed by atoms with Crippen molar-refractivity contribution in [3.63, 3.8) is 0 Å². The van der Waals surface area contributed by atoms with Crippen LogP contribution in [0.2, 0.25) is 0 Å². The van der Waals surface area contributed by atoms with Gasteiger partial charge in [-0.2, -0.15) is 5.10 Å². The van der Waals surface area contributed by atoms with E-state index in [2.05, 4.69) is 32.8 Å². The Labute approximate surface area is 183 Å². The van der Waals surface area contributed by atoms with Crippen molar-refractivity contribution < 1.29 is 4.74 Å². The molecule has 6 rings (SSSR count). The lowest BCUT2D eigenvalue weighted by Gasteiger charge is -2.39. The highest BCUT2D eigenvalue weighted by Gasteiger charge is 2.29. The number of nitrogens with one attached hydrogen (secondary N) is 1. The fourth-order valence-electron chi connectivity index (χ4n) is 6.05. The predicted octanol–water partition coefficient (Wildman–Crippen LogP) is 3.45. The third-order valence-electron chi connectivity index (χ3n) is 7.74. The fraction of sp³-hybridized carbons (Fsp3) is 0.600. The molecular formula is C25H32N4O2. The lowest BCUT2D eigenvalue weighted by Crippen LogP contribution is -2.46. The number of hydrogen-bond acceptors (Lipinski definition) is 4. The molecule has 2 saturated heterocycles. The second kappa shape index (κ2) is 8.06. The van der Waals surface area contributed by atoms with Crippen LogP contribution in [-0.4, -0.2) is 52.0 Å². The zero-order valence-corrected chi connectivity index (χ0v) is 18.2. The van der Waals surface area contributed by atoms with E-state index in [0.717, 1.165) is 81.7 Å². The number of H-pyrrole nitrogens is 1. The van der Waals surface area contributed by atoms with Crippen LogP contribution in [0.1, 0.15) is 55.3 Å². The van der Waals surface area contributed by atoms with Crippen molar-refractivity contribution in [3.8, 4) is 0 Å². The van der Waals surface area contributed by atoms with Crippen LogP contribution in [0.25, 0.3) is 16.6 Å². The Morgan fingerprint density at radius 2 is 1.90 bits per heavy atom. The first-order valence-electron chi connectivity index (χ1n) is 12.1. The summed E-state index contributed by atoms with van der Waals surface area (Å²) >= 11 is 0. The third kappa shape index (κ3) is 3.50. The molecule has 164 valence electrons. The summed E-state index contributed by atoms with van der Waals surface area (Å²) in [6, 6.07) is 0.665. The number of likely N-dealkylation sites (tertiary alicyclic amines) is 1. The monoisotopic (exact) mass is 420 g/mol. The van der Waals surface area contributed by atoms with E-state index in [4.69, 9.17) is 9.84 Å². The van der Waals surface area contributed by atoms with E-state index in [1.807, 2.05) is 0 Å². The van der Waals surface area contributed by atoms with Gasteiger partial charge in [-0.1, -0.05) is 18.2 Å². The molecule has 0 radical (unpaired) electrons. The minimum absolute atomic E-state index is 0.0977. The summed E-state index contributed by atoms with van der Waals surface area (Å²) < 4.78 is 7.69. The van der Waals surface area contributed by atoms with Crippen LogP contribution in [0.4, 0.5) is 0 Å². The van der Waals surface area contributed by atoms with Gasteiger partial charge in [-0.15, -0.1) is 0 Å². The van der Waals surface area contributed by atoms with Crippen LogP contribution in [0, 0.1) is 5.92 Å². The maximum Gasteiger partial charge on any atom is 0.253 e. The Hall–Kier alpha value is -2.18. The number of aromatic amines is 1. The second-order valence-electron chi connectivity index (χ2n) is 9.70. The van der Waals surface area contributed by atoms with Gasteiger partial charge in [0.2, 0.25) is 0 Å². The van der Waals surface area contributed by atoms with Crippen molar-refractivity contribution >= 4 is 16.6 Å². The molecule has 6 heteroatoms. The van der Waals surface area contributed by atoms with Gasteiger partial charge in [0, 0.05) is 48.9 Å². The SMILES string of the molecule is O=c1[nH]c2c(c(C3=CC=C3)nn2CC2CCCN(C3CCOCC3)C2)c2c1CCCC2. The second-order valence-corrected chi connectivity index (χ2v) is 9.70. The Kier molecular flexibility index (Phi) is 5.07. The summed E-state index contributed by atoms with van der Waals surface area (Å²) in [5.41, 5.74) is 5.53.